The van der Waals surface area contributed by atoms with Crippen LogP contribution in [0, 0.1) is 0 Å². The number of nitrogens with zero attached hydrogens (tertiary/aromatic N) is 1. The van der Waals surface area contributed by atoms with Gasteiger partial charge in [0.05, 0.1) is 11.6 Å². The number of methoxy groups -OCH3 is 1. The summed E-state index contributed by atoms with van der Waals surface area (Å²) in [7, 11) is 1.55. The van der Waals surface area contributed by atoms with Gasteiger partial charge in [-0.15, -0.1) is 0 Å². The lowest BCUT2D eigenvalue weighted by atomic mass is 10.1. The zero-order valence-electron chi connectivity index (χ0n) is 10.1. The van der Waals surface area contributed by atoms with Gasteiger partial charge in [-0.3, -0.25) is 9.59 Å². The largest absolute Gasteiger partial charge is 0.496 e. The van der Waals surface area contributed by atoms with Gasteiger partial charge in [-0.05, 0) is 47.0 Å². The van der Waals surface area contributed by atoms with E-state index < -0.39 is 11.7 Å². The standard InChI is InChI=1S/C13H14BrNO3/c1-18-11-5-4-9(8-10(11)14)12(16)13(17)15-6-2-3-7-15/h4-5,8H,2-3,6-7H2,1H3. The fraction of sp³-hybridized carbons (Fsp3) is 0.385. The molecular weight excluding hydrogens is 298 g/mol. The van der Waals surface area contributed by atoms with E-state index in [1.165, 1.54) is 0 Å². The Morgan fingerprint density at radius 1 is 1.28 bits per heavy atom. The Labute approximate surface area is 114 Å². The normalized spacial score (nSPS) is 14.7. The topological polar surface area (TPSA) is 46.6 Å². The van der Waals surface area contributed by atoms with Crippen LogP contribution in [0.4, 0.5) is 0 Å². The Morgan fingerprint density at radius 3 is 2.50 bits per heavy atom. The number of ketones is 1. The van der Waals surface area contributed by atoms with Crippen LogP contribution in [0.3, 0.4) is 0 Å². The van der Waals surface area contributed by atoms with Gasteiger partial charge in [0.1, 0.15) is 5.75 Å². The highest BCUT2D eigenvalue weighted by atomic mass is 79.9. The maximum Gasteiger partial charge on any atom is 0.294 e. The van der Waals surface area contributed by atoms with Gasteiger partial charge in [0, 0.05) is 18.7 Å². The average Bonchev–Trinajstić information content (AvgIpc) is 2.90. The molecule has 5 heteroatoms. The SMILES string of the molecule is COc1ccc(C(=O)C(=O)N2CCCC2)cc1Br. The van der Waals surface area contributed by atoms with Crippen molar-refractivity contribution in [3.63, 3.8) is 0 Å². The van der Waals surface area contributed by atoms with E-state index in [2.05, 4.69) is 15.9 Å². The zero-order chi connectivity index (χ0) is 13.1. The summed E-state index contributed by atoms with van der Waals surface area (Å²) in [5, 5.41) is 0. The number of carbonyl (C=O) groups is 2. The molecular formula is C13H14BrNO3. The number of likely N-dealkylation sites (tertiary alicyclic amines) is 1. The van der Waals surface area contributed by atoms with Gasteiger partial charge in [-0.25, -0.2) is 0 Å². The predicted octanol–water partition coefficient (Wildman–Crippen LogP) is 2.26. The summed E-state index contributed by atoms with van der Waals surface area (Å²) in [5.74, 6) is -0.231. The van der Waals surface area contributed by atoms with E-state index in [4.69, 9.17) is 4.74 Å². The number of Topliss-reactive ketones (excluding diaryl/α,β-unsaturated/α-hetero) is 1. The summed E-state index contributed by atoms with van der Waals surface area (Å²) in [6.07, 6.45) is 1.96. The molecule has 0 unspecified atom stereocenters. The van der Waals surface area contributed by atoms with E-state index in [0.29, 0.717) is 28.9 Å². The fourth-order valence-corrected chi connectivity index (χ4v) is 2.54. The van der Waals surface area contributed by atoms with Crippen LogP contribution in [-0.2, 0) is 4.79 Å². The fourth-order valence-electron chi connectivity index (χ4n) is 1.99. The molecule has 0 bridgehead atoms. The molecule has 1 aromatic rings. The minimum Gasteiger partial charge on any atom is -0.496 e. The van der Waals surface area contributed by atoms with Crippen LogP contribution in [0.2, 0.25) is 0 Å². The molecule has 2 rings (SSSR count). The minimum atomic E-state index is -0.458. The van der Waals surface area contributed by atoms with Crippen LogP contribution < -0.4 is 4.74 Å². The Hall–Kier alpha value is -1.36. The van der Waals surface area contributed by atoms with Crippen molar-refractivity contribution in [1.29, 1.82) is 0 Å². The smallest absolute Gasteiger partial charge is 0.294 e. The number of rotatable bonds is 3. The molecule has 1 aliphatic heterocycles. The molecule has 1 amide bonds. The second-order valence-corrected chi connectivity index (χ2v) is 5.03. The summed E-state index contributed by atoms with van der Waals surface area (Å²) in [6, 6.07) is 4.91. The Morgan fingerprint density at radius 2 is 1.94 bits per heavy atom. The summed E-state index contributed by atoms with van der Waals surface area (Å²) in [5.41, 5.74) is 0.388. The first-order valence-corrected chi connectivity index (χ1v) is 6.60. The monoisotopic (exact) mass is 311 g/mol. The molecule has 0 N–H and O–H groups in total. The summed E-state index contributed by atoms with van der Waals surface area (Å²) in [6.45, 7) is 1.36. The Kier molecular flexibility index (Phi) is 4.01. The number of carbonyl (C=O) groups excluding carboxylic acids is 2. The second-order valence-electron chi connectivity index (χ2n) is 4.18. The van der Waals surface area contributed by atoms with E-state index in [1.807, 2.05) is 0 Å². The van der Waals surface area contributed by atoms with Gasteiger partial charge in [0.15, 0.2) is 0 Å². The molecule has 0 aromatic heterocycles. The molecule has 4 nitrogen and oxygen atoms in total. The first-order valence-electron chi connectivity index (χ1n) is 5.80. The van der Waals surface area contributed by atoms with Crippen LogP contribution in [0.15, 0.2) is 22.7 Å². The van der Waals surface area contributed by atoms with Crippen molar-refractivity contribution in [2.45, 2.75) is 12.8 Å². The Bertz CT molecular complexity index is 481. The number of hydrogen-bond acceptors (Lipinski definition) is 3. The molecule has 0 spiro atoms. The maximum atomic E-state index is 12.0. The molecule has 1 saturated heterocycles. The van der Waals surface area contributed by atoms with Gasteiger partial charge in [0.25, 0.3) is 5.91 Å². The molecule has 1 aliphatic rings. The lowest BCUT2D eigenvalue weighted by molar-refractivity contribution is -0.125. The number of ether oxygens (including phenoxy) is 1. The van der Waals surface area contributed by atoms with Gasteiger partial charge in [-0.1, -0.05) is 0 Å². The van der Waals surface area contributed by atoms with Crippen molar-refractivity contribution in [2.75, 3.05) is 20.2 Å². The number of benzene rings is 1. The van der Waals surface area contributed by atoms with Crippen molar-refractivity contribution in [3.8, 4) is 5.75 Å². The predicted molar refractivity (Wildman–Crippen MR) is 70.8 cm³/mol. The third-order valence-electron chi connectivity index (χ3n) is 3.00. The van der Waals surface area contributed by atoms with Crippen molar-refractivity contribution in [3.05, 3.63) is 28.2 Å². The van der Waals surface area contributed by atoms with Crippen LogP contribution in [-0.4, -0.2) is 36.8 Å². The van der Waals surface area contributed by atoms with Crippen LogP contribution >= 0.6 is 15.9 Å². The number of hydrogen-bond donors (Lipinski definition) is 0. The average molecular weight is 312 g/mol. The van der Waals surface area contributed by atoms with Crippen molar-refractivity contribution in [2.24, 2.45) is 0 Å². The molecule has 1 aromatic carbocycles. The lowest BCUT2D eigenvalue weighted by Gasteiger charge is -2.14. The lowest BCUT2D eigenvalue weighted by Crippen LogP contribution is -2.34. The number of halogens is 1. The first kappa shape index (κ1) is 13.1. The van der Waals surface area contributed by atoms with Crippen LogP contribution in [0.1, 0.15) is 23.2 Å². The van der Waals surface area contributed by atoms with E-state index in [-0.39, 0.29) is 0 Å². The molecule has 18 heavy (non-hydrogen) atoms. The molecule has 0 aliphatic carbocycles. The third kappa shape index (κ3) is 2.56. The summed E-state index contributed by atoms with van der Waals surface area (Å²) in [4.78, 5) is 25.6. The van der Waals surface area contributed by atoms with Crippen molar-refractivity contribution < 1.29 is 14.3 Å². The van der Waals surface area contributed by atoms with E-state index >= 15 is 0 Å². The van der Waals surface area contributed by atoms with Gasteiger partial charge >= 0.3 is 0 Å². The van der Waals surface area contributed by atoms with Gasteiger partial charge in [0.2, 0.25) is 5.78 Å². The Balaban J connectivity index is 2.17. The van der Waals surface area contributed by atoms with Gasteiger partial charge < -0.3 is 9.64 Å². The minimum absolute atomic E-state index is 0.388. The molecule has 0 radical (unpaired) electrons. The van der Waals surface area contributed by atoms with E-state index in [9.17, 15) is 9.59 Å². The highest BCUT2D eigenvalue weighted by Crippen LogP contribution is 2.26. The molecule has 0 saturated carbocycles. The van der Waals surface area contributed by atoms with Crippen molar-refractivity contribution in [1.82, 2.24) is 4.90 Å². The van der Waals surface area contributed by atoms with Gasteiger partial charge in [-0.2, -0.15) is 0 Å². The number of amides is 1. The maximum absolute atomic E-state index is 12.0. The van der Waals surface area contributed by atoms with Crippen LogP contribution in [0.25, 0.3) is 0 Å². The first-order chi connectivity index (χ1) is 8.63. The van der Waals surface area contributed by atoms with Crippen LogP contribution in [0.5, 0.6) is 5.75 Å². The summed E-state index contributed by atoms with van der Waals surface area (Å²) < 4.78 is 5.76. The zero-order valence-corrected chi connectivity index (χ0v) is 11.7. The van der Waals surface area contributed by atoms with Crippen molar-refractivity contribution >= 4 is 27.6 Å². The quantitative estimate of drug-likeness (QED) is 0.635. The second kappa shape index (κ2) is 5.52. The highest BCUT2D eigenvalue weighted by molar-refractivity contribution is 9.10. The highest BCUT2D eigenvalue weighted by Gasteiger charge is 2.25. The molecule has 0 atom stereocenters. The molecule has 1 heterocycles. The molecule has 1 fully saturated rings. The third-order valence-corrected chi connectivity index (χ3v) is 3.62. The van der Waals surface area contributed by atoms with E-state index in [1.54, 1.807) is 30.2 Å². The summed E-state index contributed by atoms with van der Waals surface area (Å²) >= 11 is 3.31. The molecule has 96 valence electrons. The van der Waals surface area contributed by atoms with E-state index in [0.717, 1.165) is 12.8 Å².